The van der Waals surface area contributed by atoms with Crippen LogP contribution < -0.4 is 5.11 Å². The summed E-state index contributed by atoms with van der Waals surface area (Å²) < 4.78 is 5.70. The Labute approximate surface area is 148 Å². The Bertz CT molecular complexity index is 528. The third-order valence-corrected chi connectivity index (χ3v) is 2.86. The molecule has 0 aliphatic carbocycles. The predicted octanol–water partition coefficient (Wildman–Crippen LogP) is 0.668. The van der Waals surface area contributed by atoms with Crippen LogP contribution in [0.15, 0.2) is 36.5 Å². The number of carbonyl (C=O) groups excluding carboxylic acids is 2. The number of carbonyl (C=O) groups is 3. The predicted molar refractivity (Wildman–Crippen MR) is 91.3 cm³/mol. The van der Waals surface area contributed by atoms with Crippen molar-refractivity contribution in [2.45, 2.75) is 31.8 Å². The maximum Gasteiger partial charge on any atom is 0.307 e. The summed E-state index contributed by atoms with van der Waals surface area (Å²) in [5, 5.41) is 19.2. The molecule has 1 atom stereocenters. The minimum atomic E-state index is -1.24. The molecule has 0 saturated heterocycles. The lowest BCUT2D eigenvalue weighted by Gasteiger charge is -2.29. The number of allylic oxidation sites excluding steroid dienone is 5. The normalized spacial score (nSPS) is 13.6. The molecule has 0 spiro atoms. The summed E-state index contributed by atoms with van der Waals surface area (Å²) in [6.45, 7) is 0.390. The fraction of sp³-hybridized carbons (Fsp3) is 0.500. The second kappa shape index (κ2) is 12.0. The molecule has 0 saturated carbocycles. The van der Waals surface area contributed by atoms with Crippen LogP contribution >= 0.6 is 0 Å². The highest BCUT2D eigenvalue weighted by atomic mass is 16.5. The monoisotopic (exact) mass is 353 g/mol. The average Bonchev–Trinajstić information content (AvgIpc) is 2.42. The second-order valence-corrected chi connectivity index (χ2v) is 6.54. The smallest absolute Gasteiger partial charge is 0.307 e. The zero-order valence-electron chi connectivity index (χ0n) is 15.0. The van der Waals surface area contributed by atoms with Gasteiger partial charge in [0.25, 0.3) is 0 Å². The van der Waals surface area contributed by atoms with Crippen molar-refractivity contribution in [2.24, 2.45) is 0 Å². The lowest BCUT2D eigenvalue weighted by atomic mass is 10.2. The van der Waals surface area contributed by atoms with Gasteiger partial charge in [-0.05, 0) is 6.42 Å². The Hall–Kier alpha value is -2.41. The van der Waals surface area contributed by atoms with Crippen molar-refractivity contribution >= 4 is 17.9 Å². The zero-order valence-corrected chi connectivity index (χ0v) is 15.0. The topological polar surface area (TPSA) is 104 Å². The largest absolute Gasteiger partial charge is 0.550 e. The number of quaternary nitrogens is 1. The van der Waals surface area contributed by atoms with Crippen molar-refractivity contribution in [2.75, 3.05) is 27.7 Å². The van der Waals surface area contributed by atoms with E-state index < -0.39 is 24.0 Å². The summed E-state index contributed by atoms with van der Waals surface area (Å²) in [7, 11) is 5.66. The molecular formula is C18H27NO6. The van der Waals surface area contributed by atoms with Crippen LogP contribution in [-0.2, 0) is 19.1 Å². The highest BCUT2D eigenvalue weighted by Crippen LogP contribution is 2.07. The molecule has 0 bridgehead atoms. The molecule has 25 heavy (non-hydrogen) atoms. The summed E-state index contributed by atoms with van der Waals surface area (Å²) in [5.41, 5.74) is 0. The van der Waals surface area contributed by atoms with Gasteiger partial charge in [0.15, 0.2) is 6.10 Å². The minimum absolute atomic E-state index is 0.0276. The molecule has 7 nitrogen and oxygen atoms in total. The first-order valence-corrected chi connectivity index (χ1v) is 8.00. The summed E-state index contributed by atoms with van der Waals surface area (Å²) >= 11 is 0. The van der Waals surface area contributed by atoms with Gasteiger partial charge in [0.1, 0.15) is 6.54 Å². The summed E-state index contributed by atoms with van der Waals surface area (Å²) in [4.78, 5) is 32.8. The lowest BCUT2D eigenvalue weighted by Crippen LogP contribution is -2.45. The number of carboxylic acids is 2. The van der Waals surface area contributed by atoms with Crippen molar-refractivity contribution in [1.29, 1.82) is 0 Å². The van der Waals surface area contributed by atoms with E-state index >= 15 is 0 Å². The molecule has 140 valence electrons. The maximum atomic E-state index is 11.8. The van der Waals surface area contributed by atoms with Crippen molar-refractivity contribution in [1.82, 2.24) is 0 Å². The van der Waals surface area contributed by atoms with Gasteiger partial charge < -0.3 is 24.2 Å². The van der Waals surface area contributed by atoms with Gasteiger partial charge in [0, 0.05) is 18.8 Å². The molecule has 0 rings (SSSR count). The van der Waals surface area contributed by atoms with Gasteiger partial charge in [-0.1, -0.05) is 36.5 Å². The van der Waals surface area contributed by atoms with E-state index in [4.69, 9.17) is 9.84 Å². The van der Waals surface area contributed by atoms with Gasteiger partial charge in [-0.15, -0.1) is 0 Å². The van der Waals surface area contributed by atoms with E-state index in [2.05, 4.69) is 0 Å². The molecule has 0 heterocycles. The van der Waals surface area contributed by atoms with Gasteiger partial charge in [-0.3, -0.25) is 9.59 Å². The third-order valence-electron chi connectivity index (χ3n) is 2.86. The second-order valence-electron chi connectivity index (χ2n) is 6.54. The maximum absolute atomic E-state index is 11.8. The number of rotatable bonds is 12. The van der Waals surface area contributed by atoms with Crippen LogP contribution in [0.25, 0.3) is 0 Å². The van der Waals surface area contributed by atoms with Gasteiger partial charge >= 0.3 is 11.9 Å². The number of aliphatic carboxylic acids is 2. The molecule has 0 amide bonds. The fourth-order valence-electron chi connectivity index (χ4n) is 1.94. The molecular weight excluding hydrogens is 326 g/mol. The Morgan fingerprint density at radius 1 is 1.08 bits per heavy atom. The molecule has 0 fully saturated rings. The SMILES string of the molecule is C[N+](C)(C)CC(CC(=O)[O-])OC(=O)CC/C=C/C=C/C=C/CC(=O)O. The van der Waals surface area contributed by atoms with E-state index in [1.807, 2.05) is 21.1 Å². The van der Waals surface area contributed by atoms with E-state index in [1.54, 1.807) is 30.4 Å². The fourth-order valence-corrected chi connectivity index (χ4v) is 1.94. The quantitative estimate of drug-likeness (QED) is 0.314. The van der Waals surface area contributed by atoms with E-state index in [-0.39, 0.29) is 19.3 Å². The lowest BCUT2D eigenvalue weighted by molar-refractivity contribution is -0.873. The van der Waals surface area contributed by atoms with Crippen LogP contribution in [0.4, 0.5) is 0 Å². The molecule has 0 aromatic carbocycles. The molecule has 0 aromatic rings. The highest BCUT2D eigenvalue weighted by Gasteiger charge is 2.22. The number of nitrogens with zero attached hydrogens (tertiary/aromatic N) is 1. The molecule has 1 N–H and O–H groups in total. The van der Waals surface area contributed by atoms with Crippen molar-refractivity contribution in [3.63, 3.8) is 0 Å². The van der Waals surface area contributed by atoms with Crippen LogP contribution in [0.3, 0.4) is 0 Å². The highest BCUT2D eigenvalue weighted by molar-refractivity contribution is 5.71. The van der Waals surface area contributed by atoms with Gasteiger partial charge in [-0.2, -0.15) is 0 Å². The van der Waals surface area contributed by atoms with Crippen molar-refractivity contribution in [3.8, 4) is 0 Å². The van der Waals surface area contributed by atoms with Crippen molar-refractivity contribution in [3.05, 3.63) is 36.5 Å². The van der Waals surface area contributed by atoms with E-state index in [0.29, 0.717) is 17.4 Å². The molecule has 0 aromatic heterocycles. The Kier molecular flexibility index (Phi) is 10.9. The summed E-state index contributed by atoms with van der Waals surface area (Å²) in [6, 6.07) is 0. The summed E-state index contributed by atoms with van der Waals surface area (Å²) in [5.74, 6) is -2.58. The van der Waals surface area contributed by atoms with E-state index in [1.165, 1.54) is 6.08 Å². The first-order valence-electron chi connectivity index (χ1n) is 8.00. The molecule has 0 aliphatic heterocycles. The number of esters is 1. The number of likely N-dealkylation sites (N-methyl/N-ethyl adjacent to an activating group) is 1. The first-order chi connectivity index (χ1) is 11.6. The van der Waals surface area contributed by atoms with Crippen LogP contribution in [-0.4, -0.2) is 61.3 Å². The Morgan fingerprint density at radius 3 is 2.20 bits per heavy atom. The number of hydrogen-bond donors (Lipinski definition) is 1. The van der Waals surface area contributed by atoms with E-state index in [0.717, 1.165) is 0 Å². The van der Waals surface area contributed by atoms with Gasteiger partial charge in [0.05, 0.1) is 27.6 Å². The van der Waals surface area contributed by atoms with Crippen LogP contribution in [0, 0.1) is 0 Å². The Morgan fingerprint density at radius 2 is 1.68 bits per heavy atom. The molecule has 1 unspecified atom stereocenters. The standard InChI is InChI=1S/C18H27NO6/c1-19(2,3)14-15(13-17(22)23)25-18(24)12-10-8-6-4-5-7-9-11-16(20)21/h4-9,15H,10-14H2,1-3H3,(H-,20,21,22,23)/b5-4+,8-6+,9-7+. The first kappa shape index (κ1) is 22.6. The van der Waals surface area contributed by atoms with Gasteiger partial charge in [-0.25, -0.2) is 0 Å². The van der Waals surface area contributed by atoms with Crippen LogP contribution in [0.5, 0.6) is 0 Å². The number of carboxylic acid groups (broad SMARTS) is 2. The molecule has 7 heteroatoms. The van der Waals surface area contributed by atoms with Crippen LogP contribution in [0.1, 0.15) is 25.7 Å². The molecule has 0 radical (unpaired) electrons. The van der Waals surface area contributed by atoms with Crippen molar-refractivity contribution < 1.29 is 33.8 Å². The number of ether oxygens (including phenoxy) is 1. The van der Waals surface area contributed by atoms with Gasteiger partial charge in [0.2, 0.25) is 0 Å². The van der Waals surface area contributed by atoms with Crippen LogP contribution in [0.2, 0.25) is 0 Å². The third kappa shape index (κ3) is 16.2. The summed E-state index contributed by atoms with van der Waals surface area (Å²) in [6.07, 6.45) is 9.64. The number of hydrogen-bond acceptors (Lipinski definition) is 5. The minimum Gasteiger partial charge on any atom is -0.550 e. The van der Waals surface area contributed by atoms with E-state index in [9.17, 15) is 19.5 Å². The molecule has 0 aliphatic rings. The zero-order chi connectivity index (χ0) is 19.3. The average molecular weight is 353 g/mol. The Balaban J connectivity index is 4.19.